The monoisotopic (exact) mass is 323 g/mol. The van der Waals surface area contributed by atoms with Gasteiger partial charge in [0.05, 0.1) is 5.69 Å². The van der Waals surface area contributed by atoms with Gasteiger partial charge in [-0.25, -0.2) is 9.78 Å². The Labute approximate surface area is 131 Å². The minimum Gasteiger partial charge on any atom is -0.481 e. The molecule has 9 nitrogen and oxygen atoms in total. The molecule has 23 heavy (non-hydrogen) atoms. The molecule has 1 fully saturated rings. The van der Waals surface area contributed by atoms with Gasteiger partial charge >= 0.3 is 11.9 Å². The Kier molecular flexibility index (Phi) is 4.99. The number of nitrogen functional groups attached to an aromatic ring is 1. The van der Waals surface area contributed by atoms with E-state index in [1.165, 1.54) is 12.1 Å². The van der Waals surface area contributed by atoms with Crippen LogP contribution in [0.2, 0.25) is 0 Å². The number of carbonyl (C=O) groups excluding carboxylic acids is 1. The Morgan fingerprint density at radius 2 is 2.04 bits per heavy atom. The van der Waals surface area contributed by atoms with E-state index in [2.05, 4.69) is 10.3 Å². The third-order valence-corrected chi connectivity index (χ3v) is 3.18. The number of nitrogens with one attached hydrogen (secondary N) is 1. The van der Waals surface area contributed by atoms with Crippen molar-refractivity contribution in [2.24, 2.45) is 0 Å². The number of carbonyl (C=O) groups is 3. The summed E-state index contributed by atoms with van der Waals surface area (Å²) in [5.41, 5.74) is 5.96. The molecule has 124 valence electrons. The van der Waals surface area contributed by atoms with Gasteiger partial charge in [-0.05, 0) is 31.4 Å². The topological polar surface area (TPSA) is 152 Å². The average molecular weight is 323 g/mol. The van der Waals surface area contributed by atoms with Crippen LogP contribution in [-0.4, -0.2) is 45.2 Å². The lowest BCUT2D eigenvalue weighted by Gasteiger charge is -2.14. The predicted octanol–water partition coefficient (Wildman–Crippen LogP) is 0.253. The molecule has 1 aromatic heterocycles. The lowest BCUT2D eigenvalue weighted by Crippen LogP contribution is -2.41. The number of aliphatic carboxylic acids is 2. The van der Waals surface area contributed by atoms with E-state index in [1.807, 2.05) is 0 Å². The first-order valence-corrected chi connectivity index (χ1v) is 7.05. The van der Waals surface area contributed by atoms with Gasteiger partial charge < -0.3 is 26.0 Å². The van der Waals surface area contributed by atoms with Crippen LogP contribution in [0.5, 0.6) is 5.88 Å². The molecule has 2 rings (SSSR count). The SMILES string of the molecule is Nc1ccc(C(=O)N[C@@H](CCC(=O)O)C(=O)O)nc1OC1CC1. The minimum atomic E-state index is -1.32. The molecule has 1 amide bonds. The van der Waals surface area contributed by atoms with Gasteiger partial charge in [0, 0.05) is 6.42 Å². The average Bonchev–Trinajstić information content (AvgIpc) is 3.29. The molecule has 9 heteroatoms. The molecular weight excluding hydrogens is 306 g/mol. The van der Waals surface area contributed by atoms with Crippen molar-refractivity contribution < 1.29 is 29.3 Å². The molecule has 1 aromatic rings. The zero-order valence-electron chi connectivity index (χ0n) is 12.2. The number of amides is 1. The Morgan fingerprint density at radius 3 is 2.61 bits per heavy atom. The van der Waals surface area contributed by atoms with E-state index in [4.69, 9.17) is 20.7 Å². The molecular formula is C14H17N3O6. The number of ether oxygens (including phenoxy) is 1. The molecule has 5 N–H and O–H groups in total. The Morgan fingerprint density at radius 1 is 1.35 bits per heavy atom. The standard InChI is InChI=1S/C14H17N3O6/c15-8-3-4-9(17-13(8)23-7-1-2-7)12(20)16-10(14(21)22)5-6-11(18)19/h3-4,7,10H,1-2,5-6,15H2,(H,16,20)(H,18,19)(H,21,22)/t10-/m0/s1. The zero-order valence-corrected chi connectivity index (χ0v) is 12.2. The van der Waals surface area contributed by atoms with E-state index in [9.17, 15) is 14.4 Å². The van der Waals surface area contributed by atoms with Crippen molar-refractivity contribution in [1.82, 2.24) is 10.3 Å². The molecule has 1 aliphatic rings. The Balaban J connectivity index is 2.05. The maximum absolute atomic E-state index is 12.1. The van der Waals surface area contributed by atoms with Crippen LogP contribution in [0.3, 0.4) is 0 Å². The lowest BCUT2D eigenvalue weighted by atomic mass is 10.1. The summed E-state index contributed by atoms with van der Waals surface area (Å²) in [5.74, 6) is -3.05. The second kappa shape index (κ2) is 6.95. The van der Waals surface area contributed by atoms with Gasteiger partial charge in [-0.15, -0.1) is 0 Å². The van der Waals surface area contributed by atoms with Gasteiger partial charge in [0.1, 0.15) is 17.8 Å². The van der Waals surface area contributed by atoms with Gasteiger partial charge in [0.2, 0.25) is 5.88 Å². The second-order valence-corrected chi connectivity index (χ2v) is 5.20. The maximum atomic E-state index is 12.1. The molecule has 0 aliphatic heterocycles. The van der Waals surface area contributed by atoms with Crippen LogP contribution in [0.15, 0.2) is 12.1 Å². The van der Waals surface area contributed by atoms with Crippen LogP contribution < -0.4 is 15.8 Å². The number of anilines is 1. The number of pyridine rings is 1. The number of nitrogens with two attached hydrogens (primary N) is 1. The van der Waals surface area contributed by atoms with Crippen LogP contribution in [0.4, 0.5) is 5.69 Å². The van der Waals surface area contributed by atoms with Crippen molar-refractivity contribution >= 4 is 23.5 Å². The molecule has 1 atom stereocenters. The van der Waals surface area contributed by atoms with Crippen molar-refractivity contribution in [3.8, 4) is 5.88 Å². The molecule has 0 bridgehead atoms. The number of hydrogen-bond acceptors (Lipinski definition) is 6. The summed E-state index contributed by atoms with van der Waals surface area (Å²) in [7, 11) is 0. The van der Waals surface area contributed by atoms with Crippen LogP contribution in [-0.2, 0) is 9.59 Å². The van der Waals surface area contributed by atoms with Crippen LogP contribution in [0.1, 0.15) is 36.2 Å². The first kappa shape index (κ1) is 16.5. The van der Waals surface area contributed by atoms with Crippen molar-refractivity contribution in [2.75, 3.05) is 5.73 Å². The largest absolute Gasteiger partial charge is 0.481 e. The number of aromatic nitrogens is 1. The van der Waals surface area contributed by atoms with E-state index in [0.29, 0.717) is 0 Å². The van der Waals surface area contributed by atoms with Crippen LogP contribution in [0, 0.1) is 0 Å². The fraction of sp³-hybridized carbons (Fsp3) is 0.429. The highest BCUT2D eigenvalue weighted by Gasteiger charge is 2.26. The van der Waals surface area contributed by atoms with Crippen LogP contribution >= 0.6 is 0 Å². The van der Waals surface area contributed by atoms with Gasteiger partial charge in [0.15, 0.2) is 0 Å². The fourth-order valence-electron chi connectivity index (χ4n) is 1.77. The second-order valence-electron chi connectivity index (χ2n) is 5.20. The fourth-order valence-corrected chi connectivity index (χ4v) is 1.77. The maximum Gasteiger partial charge on any atom is 0.326 e. The summed E-state index contributed by atoms with van der Waals surface area (Å²) < 4.78 is 5.47. The highest BCUT2D eigenvalue weighted by atomic mass is 16.5. The number of carboxylic acids is 2. The van der Waals surface area contributed by atoms with E-state index < -0.39 is 23.9 Å². The predicted molar refractivity (Wildman–Crippen MR) is 78.1 cm³/mol. The third-order valence-electron chi connectivity index (χ3n) is 3.18. The lowest BCUT2D eigenvalue weighted by molar-refractivity contribution is -0.140. The summed E-state index contributed by atoms with van der Waals surface area (Å²) in [4.78, 5) is 37.7. The minimum absolute atomic E-state index is 0.0450. The van der Waals surface area contributed by atoms with Crippen molar-refractivity contribution in [1.29, 1.82) is 0 Å². The summed E-state index contributed by atoms with van der Waals surface area (Å²) in [5, 5.41) is 19.9. The van der Waals surface area contributed by atoms with Gasteiger partial charge in [-0.1, -0.05) is 0 Å². The third kappa shape index (κ3) is 4.83. The molecule has 0 radical (unpaired) electrons. The van der Waals surface area contributed by atoms with Crippen LogP contribution in [0.25, 0.3) is 0 Å². The highest BCUT2D eigenvalue weighted by Crippen LogP contribution is 2.29. The summed E-state index contributed by atoms with van der Waals surface area (Å²) in [6.45, 7) is 0. The number of carboxylic acid groups (broad SMARTS) is 2. The first-order valence-electron chi connectivity index (χ1n) is 7.05. The van der Waals surface area contributed by atoms with Crippen molar-refractivity contribution in [3.63, 3.8) is 0 Å². The quantitative estimate of drug-likeness (QED) is 0.531. The first-order chi connectivity index (χ1) is 10.9. The molecule has 1 heterocycles. The molecule has 1 aliphatic carbocycles. The Bertz CT molecular complexity index is 629. The normalized spacial score (nSPS) is 14.8. The molecule has 0 unspecified atom stereocenters. The van der Waals surface area contributed by atoms with Gasteiger partial charge in [-0.2, -0.15) is 0 Å². The van der Waals surface area contributed by atoms with Crippen molar-refractivity contribution in [3.05, 3.63) is 17.8 Å². The van der Waals surface area contributed by atoms with E-state index in [0.717, 1.165) is 12.8 Å². The number of nitrogens with zero attached hydrogens (tertiary/aromatic N) is 1. The number of rotatable bonds is 8. The molecule has 0 saturated heterocycles. The van der Waals surface area contributed by atoms with Gasteiger partial charge in [0.25, 0.3) is 5.91 Å². The van der Waals surface area contributed by atoms with E-state index in [-0.39, 0.29) is 36.2 Å². The Hall–Kier alpha value is -2.84. The van der Waals surface area contributed by atoms with E-state index >= 15 is 0 Å². The number of hydrogen-bond donors (Lipinski definition) is 4. The summed E-state index contributed by atoms with van der Waals surface area (Å²) in [6, 6.07) is 1.48. The highest BCUT2D eigenvalue weighted by molar-refractivity contribution is 5.95. The molecule has 0 aromatic carbocycles. The summed E-state index contributed by atoms with van der Waals surface area (Å²) >= 11 is 0. The van der Waals surface area contributed by atoms with Gasteiger partial charge in [-0.3, -0.25) is 9.59 Å². The molecule has 0 spiro atoms. The zero-order chi connectivity index (χ0) is 17.0. The molecule has 1 saturated carbocycles. The smallest absolute Gasteiger partial charge is 0.326 e. The summed E-state index contributed by atoms with van der Waals surface area (Å²) in [6.07, 6.45) is 1.24. The van der Waals surface area contributed by atoms with E-state index in [1.54, 1.807) is 0 Å². The van der Waals surface area contributed by atoms with Crippen molar-refractivity contribution in [2.45, 2.75) is 37.8 Å².